The van der Waals surface area contributed by atoms with Gasteiger partial charge in [-0.05, 0) is 54.7 Å². The van der Waals surface area contributed by atoms with E-state index < -0.39 is 0 Å². The van der Waals surface area contributed by atoms with Crippen molar-refractivity contribution in [1.82, 2.24) is 20.8 Å². The molecule has 1 aliphatic rings. The molecule has 0 spiro atoms. The number of methoxy groups -OCH3 is 1. The van der Waals surface area contributed by atoms with Gasteiger partial charge >= 0.3 is 0 Å². The second kappa shape index (κ2) is 8.82. The topological polar surface area (TPSA) is 96.1 Å². The first-order valence-electron chi connectivity index (χ1n) is 9.96. The Bertz CT molecular complexity index is 1040. The average molecular weight is 404 g/mol. The van der Waals surface area contributed by atoms with Crippen LogP contribution in [0.5, 0.6) is 5.75 Å². The van der Waals surface area contributed by atoms with Crippen molar-refractivity contribution in [2.75, 3.05) is 13.7 Å². The molecule has 1 saturated carbocycles. The van der Waals surface area contributed by atoms with Crippen LogP contribution in [0.4, 0.5) is 0 Å². The van der Waals surface area contributed by atoms with Crippen LogP contribution in [0, 0.1) is 5.92 Å². The Labute approximate surface area is 174 Å². The molecule has 1 fully saturated rings. The maximum absolute atomic E-state index is 12.6. The highest BCUT2D eigenvalue weighted by atomic mass is 16.5. The summed E-state index contributed by atoms with van der Waals surface area (Å²) in [4.78, 5) is 24.9. The highest BCUT2D eigenvalue weighted by Crippen LogP contribution is 2.30. The molecule has 30 heavy (non-hydrogen) atoms. The Kier molecular flexibility index (Phi) is 5.79. The summed E-state index contributed by atoms with van der Waals surface area (Å²) in [6, 6.07) is 12.6. The standard InChI is InChI=1S/C23H24N4O3/c1-30-21-10-18(7-8-20(21)19-13-26-27-14-19)23(29)25-12-16-3-2-4-17(9-16)22(28)24-11-15-5-6-15/h2-4,7-10,13-15H,5-6,11-12H2,1H3,(H,24,28)(H,25,29)(H,26,27). The van der Waals surface area contributed by atoms with Gasteiger partial charge in [-0.25, -0.2) is 0 Å². The van der Waals surface area contributed by atoms with Crippen molar-refractivity contribution in [1.29, 1.82) is 0 Å². The third kappa shape index (κ3) is 4.68. The van der Waals surface area contributed by atoms with E-state index in [0.29, 0.717) is 29.3 Å². The van der Waals surface area contributed by atoms with Gasteiger partial charge in [-0.1, -0.05) is 12.1 Å². The van der Waals surface area contributed by atoms with E-state index >= 15 is 0 Å². The Hall–Kier alpha value is -3.61. The van der Waals surface area contributed by atoms with Gasteiger partial charge in [0, 0.05) is 41.5 Å². The predicted octanol–water partition coefficient (Wildman–Crippen LogP) is 3.16. The Balaban J connectivity index is 1.39. The molecule has 7 heteroatoms. The molecule has 0 bridgehead atoms. The van der Waals surface area contributed by atoms with Crippen LogP contribution in [0.25, 0.3) is 11.1 Å². The SMILES string of the molecule is COc1cc(C(=O)NCc2cccc(C(=O)NCC3CC3)c2)ccc1-c1cn[nH]c1. The summed E-state index contributed by atoms with van der Waals surface area (Å²) < 4.78 is 5.44. The van der Waals surface area contributed by atoms with Crippen molar-refractivity contribution >= 4 is 11.8 Å². The summed E-state index contributed by atoms with van der Waals surface area (Å²) in [6.45, 7) is 1.06. The van der Waals surface area contributed by atoms with Crippen molar-refractivity contribution in [2.24, 2.45) is 5.92 Å². The van der Waals surface area contributed by atoms with Crippen LogP contribution < -0.4 is 15.4 Å². The third-order valence-corrected chi connectivity index (χ3v) is 5.16. The molecule has 0 atom stereocenters. The summed E-state index contributed by atoms with van der Waals surface area (Å²) in [5, 5.41) is 12.6. The number of amides is 2. The maximum atomic E-state index is 12.6. The predicted molar refractivity (Wildman–Crippen MR) is 113 cm³/mol. The van der Waals surface area contributed by atoms with E-state index in [-0.39, 0.29) is 11.8 Å². The lowest BCUT2D eigenvalue weighted by molar-refractivity contribution is 0.0945. The van der Waals surface area contributed by atoms with E-state index in [0.717, 1.165) is 23.2 Å². The summed E-state index contributed by atoms with van der Waals surface area (Å²) in [5.74, 6) is 0.942. The van der Waals surface area contributed by atoms with Crippen LogP contribution in [0.3, 0.4) is 0 Å². The number of benzene rings is 2. The van der Waals surface area contributed by atoms with Crippen molar-refractivity contribution in [3.63, 3.8) is 0 Å². The molecule has 2 amide bonds. The molecular weight excluding hydrogens is 380 g/mol. The average Bonchev–Trinajstić information content (AvgIpc) is 3.46. The summed E-state index contributed by atoms with van der Waals surface area (Å²) in [5.41, 5.74) is 3.71. The number of carbonyl (C=O) groups excluding carboxylic acids is 2. The van der Waals surface area contributed by atoms with Gasteiger partial charge in [0.1, 0.15) is 5.75 Å². The molecule has 1 heterocycles. The number of ether oxygens (including phenoxy) is 1. The minimum atomic E-state index is -0.212. The van der Waals surface area contributed by atoms with Gasteiger partial charge in [-0.3, -0.25) is 14.7 Å². The zero-order valence-electron chi connectivity index (χ0n) is 16.8. The van der Waals surface area contributed by atoms with Crippen LogP contribution in [0.15, 0.2) is 54.9 Å². The first-order valence-corrected chi connectivity index (χ1v) is 9.96. The third-order valence-electron chi connectivity index (χ3n) is 5.16. The summed E-state index contributed by atoms with van der Waals surface area (Å²) in [7, 11) is 1.57. The first-order chi connectivity index (χ1) is 14.6. The second-order valence-electron chi connectivity index (χ2n) is 7.44. The van der Waals surface area contributed by atoms with Crippen LogP contribution in [0.1, 0.15) is 39.1 Å². The number of H-pyrrole nitrogens is 1. The second-order valence-corrected chi connectivity index (χ2v) is 7.44. The Morgan fingerprint density at radius 1 is 1.10 bits per heavy atom. The summed E-state index contributed by atoms with van der Waals surface area (Å²) in [6.07, 6.45) is 5.86. The summed E-state index contributed by atoms with van der Waals surface area (Å²) >= 11 is 0. The zero-order valence-corrected chi connectivity index (χ0v) is 16.8. The molecule has 2 aromatic carbocycles. The van der Waals surface area contributed by atoms with E-state index in [4.69, 9.17) is 4.74 Å². The monoisotopic (exact) mass is 404 g/mol. The van der Waals surface area contributed by atoms with E-state index in [2.05, 4.69) is 20.8 Å². The van der Waals surface area contributed by atoms with Gasteiger partial charge in [-0.2, -0.15) is 5.10 Å². The number of nitrogens with zero attached hydrogens (tertiary/aromatic N) is 1. The lowest BCUT2D eigenvalue weighted by Gasteiger charge is -2.11. The van der Waals surface area contributed by atoms with Gasteiger partial charge in [0.2, 0.25) is 0 Å². The van der Waals surface area contributed by atoms with Crippen LogP contribution in [-0.2, 0) is 6.54 Å². The van der Waals surface area contributed by atoms with E-state index in [1.54, 1.807) is 37.7 Å². The number of hydrogen-bond acceptors (Lipinski definition) is 4. The normalized spacial score (nSPS) is 13.0. The molecule has 1 aliphatic carbocycles. The lowest BCUT2D eigenvalue weighted by Crippen LogP contribution is -2.26. The maximum Gasteiger partial charge on any atom is 0.251 e. The van der Waals surface area contributed by atoms with Crippen molar-refractivity contribution in [3.05, 3.63) is 71.5 Å². The molecular formula is C23H24N4O3. The molecule has 0 saturated heterocycles. The number of aromatic amines is 1. The van der Waals surface area contributed by atoms with Crippen molar-refractivity contribution in [2.45, 2.75) is 19.4 Å². The fraction of sp³-hybridized carbons (Fsp3) is 0.261. The number of hydrogen-bond donors (Lipinski definition) is 3. The first kappa shape index (κ1) is 19.7. The molecule has 0 aliphatic heterocycles. The van der Waals surface area contributed by atoms with Gasteiger partial charge in [0.15, 0.2) is 0 Å². The fourth-order valence-corrected chi connectivity index (χ4v) is 3.24. The van der Waals surface area contributed by atoms with Gasteiger partial charge in [0.25, 0.3) is 11.8 Å². The molecule has 1 aromatic heterocycles. The Morgan fingerprint density at radius 2 is 1.90 bits per heavy atom. The smallest absolute Gasteiger partial charge is 0.251 e. The molecule has 0 unspecified atom stereocenters. The van der Waals surface area contributed by atoms with Crippen LogP contribution >= 0.6 is 0 Å². The quantitative estimate of drug-likeness (QED) is 0.537. The largest absolute Gasteiger partial charge is 0.496 e. The van der Waals surface area contributed by atoms with Gasteiger partial charge < -0.3 is 15.4 Å². The van der Waals surface area contributed by atoms with Crippen molar-refractivity contribution in [3.8, 4) is 16.9 Å². The molecule has 3 aromatic rings. The van der Waals surface area contributed by atoms with Crippen LogP contribution in [0.2, 0.25) is 0 Å². The number of nitrogens with one attached hydrogen (secondary N) is 3. The van der Waals surface area contributed by atoms with Gasteiger partial charge in [0.05, 0.1) is 13.3 Å². The molecule has 3 N–H and O–H groups in total. The van der Waals surface area contributed by atoms with E-state index in [9.17, 15) is 9.59 Å². The van der Waals surface area contributed by atoms with Crippen LogP contribution in [-0.4, -0.2) is 35.7 Å². The number of carbonyl (C=O) groups is 2. The highest BCUT2D eigenvalue weighted by Gasteiger charge is 2.22. The fourth-order valence-electron chi connectivity index (χ4n) is 3.24. The number of aromatic nitrogens is 2. The van der Waals surface area contributed by atoms with Crippen molar-refractivity contribution < 1.29 is 14.3 Å². The zero-order chi connectivity index (χ0) is 20.9. The Morgan fingerprint density at radius 3 is 2.63 bits per heavy atom. The minimum Gasteiger partial charge on any atom is -0.496 e. The van der Waals surface area contributed by atoms with Gasteiger partial charge in [-0.15, -0.1) is 0 Å². The number of rotatable bonds is 8. The lowest BCUT2D eigenvalue weighted by atomic mass is 10.0. The van der Waals surface area contributed by atoms with E-state index in [1.165, 1.54) is 12.8 Å². The molecule has 154 valence electrons. The highest BCUT2D eigenvalue weighted by molar-refractivity contribution is 5.96. The molecule has 0 radical (unpaired) electrons. The molecule has 4 rings (SSSR count). The molecule has 7 nitrogen and oxygen atoms in total. The minimum absolute atomic E-state index is 0.0744. The van der Waals surface area contributed by atoms with E-state index in [1.807, 2.05) is 24.3 Å².